The smallest absolute Gasteiger partial charge is 0.281 e. The SMILES string of the molecule is CC(=O)NNc1nc(C(F)(F)F)ccc1C#N. The van der Waals surface area contributed by atoms with Gasteiger partial charge in [0.25, 0.3) is 0 Å². The molecule has 1 rings (SSSR count). The Morgan fingerprint density at radius 1 is 1.47 bits per heavy atom. The number of hydrazine groups is 1. The summed E-state index contributed by atoms with van der Waals surface area (Å²) >= 11 is 0. The fourth-order valence-electron chi connectivity index (χ4n) is 0.950. The van der Waals surface area contributed by atoms with E-state index in [-0.39, 0.29) is 11.4 Å². The minimum Gasteiger partial charge on any atom is -0.281 e. The number of nitrogens with one attached hydrogen (secondary N) is 2. The lowest BCUT2D eigenvalue weighted by atomic mass is 10.2. The van der Waals surface area contributed by atoms with E-state index < -0.39 is 17.8 Å². The van der Waals surface area contributed by atoms with Crippen molar-refractivity contribution < 1.29 is 18.0 Å². The molecule has 0 radical (unpaired) electrons. The number of nitriles is 1. The summed E-state index contributed by atoms with van der Waals surface area (Å²) in [5, 5.41) is 8.65. The van der Waals surface area contributed by atoms with Crippen LogP contribution < -0.4 is 10.9 Å². The van der Waals surface area contributed by atoms with E-state index in [1.54, 1.807) is 6.07 Å². The number of hydrogen-bond donors (Lipinski definition) is 2. The van der Waals surface area contributed by atoms with E-state index in [1.807, 2.05) is 5.43 Å². The summed E-state index contributed by atoms with van der Waals surface area (Å²) in [5.41, 5.74) is 2.93. The zero-order valence-electron chi connectivity index (χ0n) is 8.59. The van der Waals surface area contributed by atoms with Crippen LogP contribution in [0.5, 0.6) is 0 Å². The summed E-state index contributed by atoms with van der Waals surface area (Å²) in [6.07, 6.45) is -4.61. The Kier molecular flexibility index (Phi) is 3.52. The van der Waals surface area contributed by atoms with Crippen LogP contribution in [0.15, 0.2) is 12.1 Å². The molecule has 0 fully saturated rings. The normalized spacial score (nSPS) is 10.5. The number of rotatable bonds is 2. The molecule has 0 aliphatic heterocycles. The number of aromatic nitrogens is 1. The first-order valence-corrected chi connectivity index (χ1v) is 4.35. The first-order chi connectivity index (χ1) is 7.84. The average Bonchev–Trinajstić information content (AvgIpc) is 2.24. The fraction of sp³-hybridized carbons (Fsp3) is 0.222. The Morgan fingerprint density at radius 3 is 2.59 bits per heavy atom. The van der Waals surface area contributed by atoms with Gasteiger partial charge in [-0.2, -0.15) is 18.4 Å². The predicted octanol–water partition coefficient (Wildman–Crippen LogP) is 1.44. The number of anilines is 1. The molecule has 0 atom stereocenters. The number of hydrogen-bond acceptors (Lipinski definition) is 4. The molecular weight excluding hydrogens is 237 g/mol. The lowest BCUT2D eigenvalue weighted by molar-refractivity contribution is -0.141. The summed E-state index contributed by atoms with van der Waals surface area (Å²) in [6.45, 7) is 1.16. The van der Waals surface area contributed by atoms with Gasteiger partial charge in [0.2, 0.25) is 5.91 Å². The van der Waals surface area contributed by atoms with Crippen LogP contribution in [0.1, 0.15) is 18.2 Å². The monoisotopic (exact) mass is 244 g/mol. The van der Waals surface area contributed by atoms with Gasteiger partial charge in [-0.25, -0.2) is 4.98 Å². The minimum atomic E-state index is -4.61. The highest BCUT2D eigenvalue weighted by atomic mass is 19.4. The van der Waals surface area contributed by atoms with Gasteiger partial charge in [0, 0.05) is 6.92 Å². The standard InChI is InChI=1S/C9H7F3N4O/c1-5(17)15-16-8-6(4-13)2-3-7(14-8)9(10,11)12/h2-3H,1H3,(H,14,16)(H,15,17). The van der Waals surface area contributed by atoms with Gasteiger partial charge in [-0.3, -0.25) is 15.6 Å². The van der Waals surface area contributed by atoms with Crippen molar-refractivity contribution in [1.82, 2.24) is 10.4 Å². The van der Waals surface area contributed by atoms with E-state index in [2.05, 4.69) is 10.4 Å². The third-order valence-electron chi connectivity index (χ3n) is 1.66. The van der Waals surface area contributed by atoms with Crippen molar-refractivity contribution in [2.24, 2.45) is 0 Å². The molecule has 2 N–H and O–H groups in total. The predicted molar refractivity (Wildman–Crippen MR) is 51.4 cm³/mol. The maximum Gasteiger partial charge on any atom is 0.433 e. The van der Waals surface area contributed by atoms with Crippen molar-refractivity contribution in [2.75, 3.05) is 5.43 Å². The highest BCUT2D eigenvalue weighted by molar-refractivity contribution is 5.74. The highest BCUT2D eigenvalue weighted by Crippen LogP contribution is 2.29. The topological polar surface area (TPSA) is 77.8 Å². The van der Waals surface area contributed by atoms with E-state index >= 15 is 0 Å². The van der Waals surface area contributed by atoms with Crippen molar-refractivity contribution in [3.8, 4) is 6.07 Å². The van der Waals surface area contributed by atoms with E-state index in [0.717, 1.165) is 13.0 Å². The van der Waals surface area contributed by atoms with Gasteiger partial charge in [-0.15, -0.1) is 0 Å². The summed E-state index contributed by atoms with van der Waals surface area (Å²) in [5.74, 6) is -0.870. The second-order valence-electron chi connectivity index (χ2n) is 3.01. The van der Waals surface area contributed by atoms with Crippen LogP contribution >= 0.6 is 0 Å². The first-order valence-electron chi connectivity index (χ1n) is 4.35. The molecule has 17 heavy (non-hydrogen) atoms. The average molecular weight is 244 g/mol. The first kappa shape index (κ1) is 12.8. The van der Waals surface area contributed by atoms with Gasteiger partial charge in [0.1, 0.15) is 11.8 Å². The molecular formula is C9H7F3N4O. The van der Waals surface area contributed by atoms with Gasteiger partial charge in [-0.05, 0) is 12.1 Å². The number of carbonyl (C=O) groups excluding carboxylic acids is 1. The number of halogens is 3. The van der Waals surface area contributed by atoms with Gasteiger partial charge in [-0.1, -0.05) is 0 Å². The Labute approximate surface area is 94.2 Å². The van der Waals surface area contributed by atoms with Gasteiger partial charge in [0.05, 0.1) is 5.56 Å². The summed E-state index contributed by atoms with van der Waals surface area (Å²) in [7, 11) is 0. The Hall–Kier alpha value is -2.30. The van der Waals surface area contributed by atoms with Crippen LogP contribution in [-0.4, -0.2) is 10.9 Å². The molecule has 0 saturated heterocycles. The largest absolute Gasteiger partial charge is 0.433 e. The van der Waals surface area contributed by atoms with Crippen LogP contribution in [0.3, 0.4) is 0 Å². The number of nitrogens with zero attached hydrogens (tertiary/aromatic N) is 2. The van der Waals surface area contributed by atoms with E-state index in [1.165, 1.54) is 0 Å². The molecule has 0 aliphatic carbocycles. The molecule has 1 heterocycles. The fourth-order valence-corrected chi connectivity index (χ4v) is 0.950. The Morgan fingerprint density at radius 2 is 2.12 bits per heavy atom. The molecule has 0 bridgehead atoms. The molecule has 0 aliphatic rings. The molecule has 0 unspecified atom stereocenters. The van der Waals surface area contributed by atoms with E-state index in [4.69, 9.17) is 5.26 Å². The van der Waals surface area contributed by atoms with E-state index in [0.29, 0.717) is 6.07 Å². The third kappa shape index (κ3) is 3.34. The maximum absolute atomic E-state index is 12.3. The lowest BCUT2D eigenvalue weighted by Gasteiger charge is -2.10. The summed E-state index contributed by atoms with van der Waals surface area (Å²) < 4.78 is 37.0. The van der Waals surface area contributed by atoms with Crippen molar-refractivity contribution in [3.05, 3.63) is 23.4 Å². The number of carbonyl (C=O) groups is 1. The lowest BCUT2D eigenvalue weighted by Crippen LogP contribution is -2.28. The van der Waals surface area contributed by atoms with Crippen LogP contribution in [0.2, 0.25) is 0 Å². The highest BCUT2D eigenvalue weighted by Gasteiger charge is 2.33. The van der Waals surface area contributed by atoms with E-state index in [9.17, 15) is 18.0 Å². The van der Waals surface area contributed by atoms with Crippen molar-refractivity contribution in [1.29, 1.82) is 5.26 Å². The van der Waals surface area contributed by atoms with Gasteiger partial charge < -0.3 is 0 Å². The second kappa shape index (κ2) is 4.69. The van der Waals surface area contributed by atoms with Crippen LogP contribution in [-0.2, 0) is 11.0 Å². The van der Waals surface area contributed by atoms with Gasteiger partial charge >= 0.3 is 6.18 Å². The molecule has 1 aromatic rings. The maximum atomic E-state index is 12.3. The Balaban J connectivity index is 3.08. The van der Waals surface area contributed by atoms with Gasteiger partial charge in [0.15, 0.2) is 5.82 Å². The molecule has 0 aromatic carbocycles. The summed E-state index contributed by atoms with van der Waals surface area (Å²) in [6, 6.07) is 3.32. The molecule has 0 spiro atoms. The summed E-state index contributed by atoms with van der Waals surface area (Å²) in [4.78, 5) is 13.8. The molecule has 1 aromatic heterocycles. The van der Waals surface area contributed by atoms with Crippen molar-refractivity contribution in [2.45, 2.75) is 13.1 Å². The molecule has 1 amide bonds. The molecule has 0 saturated carbocycles. The number of alkyl halides is 3. The number of amides is 1. The molecule has 90 valence electrons. The third-order valence-corrected chi connectivity index (χ3v) is 1.66. The number of pyridine rings is 1. The van der Waals surface area contributed by atoms with Crippen LogP contribution in [0.25, 0.3) is 0 Å². The zero-order chi connectivity index (χ0) is 13.1. The molecule has 5 nitrogen and oxygen atoms in total. The van der Waals surface area contributed by atoms with Crippen LogP contribution in [0, 0.1) is 11.3 Å². The second-order valence-corrected chi connectivity index (χ2v) is 3.01. The van der Waals surface area contributed by atoms with Crippen molar-refractivity contribution >= 4 is 11.7 Å². The van der Waals surface area contributed by atoms with Crippen LogP contribution in [0.4, 0.5) is 19.0 Å². The molecule has 8 heteroatoms. The Bertz CT molecular complexity index is 478. The quantitative estimate of drug-likeness (QED) is 0.771. The minimum absolute atomic E-state index is 0.105. The van der Waals surface area contributed by atoms with Crippen molar-refractivity contribution in [3.63, 3.8) is 0 Å². The zero-order valence-corrected chi connectivity index (χ0v) is 8.59.